The molecule has 0 saturated heterocycles. The van der Waals surface area contributed by atoms with Crippen molar-refractivity contribution in [1.82, 2.24) is 10.3 Å². The second-order valence-electron chi connectivity index (χ2n) is 8.94. The summed E-state index contributed by atoms with van der Waals surface area (Å²) in [6.07, 6.45) is 7.83. The summed E-state index contributed by atoms with van der Waals surface area (Å²) in [6.45, 7) is 4.28. The summed E-state index contributed by atoms with van der Waals surface area (Å²) in [7, 11) is 0. The van der Waals surface area contributed by atoms with Gasteiger partial charge in [-0.25, -0.2) is 0 Å². The molecule has 2 heterocycles. The molecular weight excluding hydrogens is 430 g/mol. The Morgan fingerprint density at radius 3 is 2.33 bits per heavy atom. The molecule has 172 valence electrons. The zero-order chi connectivity index (χ0) is 23.2. The number of benzene rings is 1. The molecule has 5 nitrogen and oxygen atoms in total. The highest BCUT2D eigenvalue weighted by Gasteiger charge is 2.34. The number of nitrogens with one attached hydrogen (secondary N) is 1. The van der Waals surface area contributed by atoms with Crippen molar-refractivity contribution in [2.24, 2.45) is 0 Å². The van der Waals surface area contributed by atoms with Crippen molar-refractivity contribution in [3.05, 3.63) is 82.3 Å². The summed E-state index contributed by atoms with van der Waals surface area (Å²) >= 11 is 1.55. The number of hydrogen-bond acceptors (Lipinski definition) is 4. The molecule has 3 aromatic rings. The number of carbonyl (C=O) groups is 2. The zero-order valence-corrected chi connectivity index (χ0v) is 20.1. The van der Waals surface area contributed by atoms with Gasteiger partial charge >= 0.3 is 0 Å². The Kier molecular flexibility index (Phi) is 7.55. The van der Waals surface area contributed by atoms with E-state index in [1.54, 1.807) is 28.6 Å². The van der Waals surface area contributed by atoms with E-state index < -0.39 is 6.04 Å². The number of nitrogens with zero attached hydrogens (tertiary/aromatic N) is 2. The third-order valence-electron chi connectivity index (χ3n) is 6.24. The SMILES string of the molecule is CC(C)c1ccc(N(C(=O)Cc2cccs2)[C@H](C(=O)NC2CCCC2)c2ccncc2)cc1. The Labute approximate surface area is 199 Å². The Morgan fingerprint density at radius 2 is 1.73 bits per heavy atom. The van der Waals surface area contributed by atoms with Gasteiger partial charge in [0.05, 0.1) is 6.42 Å². The predicted octanol–water partition coefficient (Wildman–Crippen LogP) is 5.64. The van der Waals surface area contributed by atoms with Crippen LogP contribution < -0.4 is 10.2 Å². The van der Waals surface area contributed by atoms with E-state index in [1.807, 2.05) is 53.9 Å². The van der Waals surface area contributed by atoms with E-state index in [1.165, 1.54) is 5.56 Å². The van der Waals surface area contributed by atoms with Crippen LogP contribution in [0.15, 0.2) is 66.3 Å². The Bertz CT molecular complexity index is 1040. The molecule has 0 bridgehead atoms. The standard InChI is InChI=1S/C27H31N3O2S/c1-19(2)20-9-11-23(12-10-20)30(25(31)18-24-8-5-17-33-24)26(21-13-15-28-16-14-21)27(32)29-22-6-3-4-7-22/h5,8-17,19,22,26H,3-4,6-7,18H2,1-2H3,(H,29,32)/t26-/m0/s1. The van der Waals surface area contributed by atoms with Gasteiger partial charge in [0.15, 0.2) is 0 Å². The minimum absolute atomic E-state index is 0.0990. The first-order chi connectivity index (χ1) is 16.0. The summed E-state index contributed by atoms with van der Waals surface area (Å²) in [6, 6.07) is 15.0. The molecule has 4 rings (SSSR count). The first kappa shape index (κ1) is 23.2. The Hall–Kier alpha value is -2.99. The van der Waals surface area contributed by atoms with Gasteiger partial charge in [0.2, 0.25) is 11.8 Å². The lowest BCUT2D eigenvalue weighted by Crippen LogP contribution is -2.46. The Morgan fingerprint density at radius 1 is 1.03 bits per heavy atom. The smallest absolute Gasteiger partial charge is 0.248 e. The maximum Gasteiger partial charge on any atom is 0.248 e. The second-order valence-corrected chi connectivity index (χ2v) is 9.97. The molecule has 0 unspecified atom stereocenters. The van der Waals surface area contributed by atoms with Gasteiger partial charge in [0.25, 0.3) is 0 Å². The molecular formula is C27H31N3O2S. The number of anilines is 1. The lowest BCUT2D eigenvalue weighted by atomic mass is 10.0. The fourth-order valence-electron chi connectivity index (χ4n) is 4.42. The maximum atomic E-state index is 13.7. The lowest BCUT2D eigenvalue weighted by Gasteiger charge is -2.32. The quantitative estimate of drug-likeness (QED) is 0.472. The highest BCUT2D eigenvalue weighted by molar-refractivity contribution is 7.10. The number of carbonyl (C=O) groups excluding carboxylic acids is 2. The summed E-state index contributed by atoms with van der Waals surface area (Å²) in [5.74, 6) is 0.148. The third-order valence-corrected chi connectivity index (χ3v) is 7.12. The third kappa shape index (κ3) is 5.69. The highest BCUT2D eigenvalue weighted by Crippen LogP contribution is 2.31. The number of rotatable bonds is 8. The second kappa shape index (κ2) is 10.8. The zero-order valence-electron chi connectivity index (χ0n) is 19.2. The molecule has 1 aliphatic carbocycles. The van der Waals surface area contributed by atoms with Crippen LogP contribution in [0.3, 0.4) is 0 Å². The average Bonchev–Trinajstić information content (AvgIpc) is 3.52. The normalized spacial score (nSPS) is 14.9. The van der Waals surface area contributed by atoms with E-state index >= 15 is 0 Å². The maximum absolute atomic E-state index is 13.7. The van der Waals surface area contributed by atoms with Crippen molar-refractivity contribution in [3.63, 3.8) is 0 Å². The molecule has 1 atom stereocenters. The summed E-state index contributed by atoms with van der Waals surface area (Å²) < 4.78 is 0. The molecule has 0 spiro atoms. The average molecular weight is 462 g/mol. The number of pyridine rings is 1. The van der Waals surface area contributed by atoms with E-state index in [2.05, 4.69) is 24.1 Å². The van der Waals surface area contributed by atoms with Gasteiger partial charge in [0.1, 0.15) is 6.04 Å². The van der Waals surface area contributed by atoms with Crippen molar-refractivity contribution >= 4 is 28.8 Å². The molecule has 0 aliphatic heterocycles. The van der Waals surface area contributed by atoms with Crippen LogP contribution in [0.1, 0.15) is 67.5 Å². The number of thiophene rings is 1. The molecule has 1 aliphatic rings. The van der Waals surface area contributed by atoms with Gasteiger partial charge in [-0.05, 0) is 65.6 Å². The van der Waals surface area contributed by atoms with Crippen molar-refractivity contribution in [1.29, 1.82) is 0 Å². The van der Waals surface area contributed by atoms with Gasteiger partial charge in [-0.2, -0.15) is 0 Å². The number of aromatic nitrogens is 1. The van der Waals surface area contributed by atoms with Crippen LogP contribution in [0, 0.1) is 0 Å². The van der Waals surface area contributed by atoms with E-state index in [-0.39, 0.29) is 24.3 Å². The lowest BCUT2D eigenvalue weighted by molar-refractivity contribution is -0.127. The topological polar surface area (TPSA) is 62.3 Å². The fraction of sp³-hybridized carbons (Fsp3) is 0.370. The molecule has 2 aromatic heterocycles. The summed E-state index contributed by atoms with van der Waals surface area (Å²) in [5, 5.41) is 5.19. The van der Waals surface area contributed by atoms with Gasteiger partial charge in [-0.15, -0.1) is 11.3 Å². The molecule has 0 radical (unpaired) electrons. The number of hydrogen-bond donors (Lipinski definition) is 1. The highest BCUT2D eigenvalue weighted by atomic mass is 32.1. The summed E-state index contributed by atoms with van der Waals surface area (Å²) in [5.41, 5.74) is 2.68. The Balaban J connectivity index is 1.74. The number of amides is 2. The van der Waals surface area contributed by atoms with Gasteiger partial charge < -0.3 is 5.32 Å². The van der Waals surface area contributed by atoms with Crippen LogP contribution in [-0.2, 0) is 16.0 Å². The van der Waals surface area contributed by atoms with Crippen LogP contribution >= 0.6 is 11.3 Å². The largest absolute Gasteiger partial charge is 0.351 e. The van der Waals surface area contributed by atoms with Crippen molar-refractivity contribution in [3.8, 4) is 0 Å². The van der Waals surface area contributed by atoms with Gasteiger partial charge in [0, 0.05) is 29.0 Å². The molecule has 2 amide bonds. The predicted molar refractivity (Wildman–Crippen MR) is 133 cm³/mol. The van der Waals surface area contributed by atoms with E-state index in [4.69, 9.17) is 0 Å². The van der Waals surface area contributed by atoms with Crippen molar-refractivity contribution in [2.45, 2.75) is 64.0 Å². The van der Waals surface area contributed by atoms with Gasteiger partial charge in [-0.1, -0.05) is 44.9 Å². The first-order valence-electron chi connectivity index (χ1n) is 11.7. The van der Waals surface area contributed by atoms with Crippen LogP contribution in [-0.4, -0.2) is 22.8 Å². The molecule has 33 heavy (non-hydrogen) atoms. The van der Waals surface area contributed by atoms with Crippen LogP contribution in [0.2, 0.25) is 0 Å². The molecule has 6 heteroatoms. The van der Waals surface area contributed by atoms with Crippen molar-refractivity contribution in [2.75, 3.05) is 4.90 Å². The molecule has 1 saturated carbocycles. The van der Waals surface area contributed by atoms with Gasteiger partial charge in [-0.3, -0.25) is 19.5 Å². The van der Waals surface area contributed by atoms with E-state index in [9.17, 15) is 9.59 Å². The first-order valence-corrected chi connectivity index (χ1v) is 12.6. The van der Waals surface area contributed by atoms with E-state index in [0.29, 0.717) is 5.92 Å². The minimum atomic E-state index is -0.758. The monoisotopic (exact) mass is 461 g/mol. The molecule has 1 N–H and O–H groups in total. The molecule has 1 fully saturated rings. The van der Waals surface area contributed by atoms with Crippen molar-refractivity contribution < 1.29 is 9.59 Å². The fourth-order valence-corrected chi connectivity index (χ4v) is 5.11. The van der Waals surface area contributed by atoms with E-state index in [0.717, 1.165) is 41.8 Å². The summed E-state index contributed by atoms with van der Waals surface area (Å²) in [4.78, 5) is 34.2. The minimum Gasteiger partial charge on any atom is -0.351 e. The van der Waals surface area contributed by atoms with Crippen LogP contribution in [0.4, 0.5) is 5.69 Å². The van der Waals surface area contributed by atoms with Crippen LogP contribution in [0.5, 0.6) is 0 Å². The van der Waals surface area contributed by atoms with Crippen LogP contribution in [0.25, 0.3) is 0 Å². The molecule has 1 aromatic carbocycles.